The van der Waals surface area contributed by atoms with Crippen molar-refractivity contribution in [3.8, 4) is 0 Å². The molecular weight excluding hydrogens is 638 g/mol. The Labute approximate surface area is 279 Å². The molecule has 4 aliphatic rings. The SMILES string of the molecule is C1=C\CCCCc2cc3c[n+](c2)CC/C=C\C/C=C\CCCCC[C@@H]2CN(CC\C=C/1)CC[C@@H]32.O=C(O)C(F)(F)F.O=C([O-])C(F)(F)F. The number of allylic oxidation sites excluding steroid dienone is 7. The second-order valence-electron chi connectivity index (χ2n) is 12.3. The molecule has 0 saturated carbocycles. The van der Waals surface area contributed by atoms with Crippen LogP contribution in [0.15, 0.2) is 67.1 Å². The number of aliphatic carboxylic acids is 2. The number of fused-ring (bicyclic) bond motifs is 9. The number of aromatic nitrogens is 1. The molecule has 5 heterocycles. The first-order valence-electron chi connectivity index (χ1n) is 16.7. The molecule has 1 fully saturated rings. The summed E-state index contributed by atoms with van der Waals surface area (Å²) in [6.07, 6.45) is 29.8. The summed E-state index contributed by atoms with van der Waals surface area (Å²) in [6.45, 7) is 4.84. The Balaban J connectivity index is 0.000000479. The average Bonchev–Trinajstić information content (AvgIpc) is 3.02. The number of piperidine rings is 1. The van der Waals surface area contributed by atoms with Gasteiger partial charge < -0.3 is 19.9 Å². The highest BCUT2D eigenvalue weighted by atomic mass is 19.4. The van der Waals surface area contributed by atoms with Crippen molar-refractivity contribution in [3.05, 3.63) is 78.2 Å². The summed E-state index contributed by atoms with van der Waals surface area (Å²) in [5.74, 6) is -4.25. The summed E-state index contributed by atoms with van der Waals surface area (Å²) in [5, 5.41) is 15.9. The molecule has 1 unspecified atom stereocenters. The minimum Gasteiger partial charge on any atom is -0.542 e. The molecule has 0 spiro atoms. The summed E-state index contributed by atoms with van der Waals surface area (Å²) in [6, 6.07) is 2.59. The van der Waals surface area contributed by atoms with Gasteiger partial charge >= 0.3 is 18.3 Å². The molecule has 6 bridgehead atoms. The normalized spacial score (nSPS) is 25.5. The lowest BCUT2D eigenvalue weighted by Crippen LogP contribution is -2.41. The second-order valence-corrected chi connectivity index (χ2v) is 12.3. The zero-order chi connectivity index (χ0) is 35.4. The number of aryl methyl sites for hydroxylation is 2. The number of alkyl halides is 6. The first kappa shape index (κ1) is 40.8. The van der Waals surface area contributed by atoms with Crippen LogP contribution in [-0.4, -0.2) is 53.9 Å². The van der Waals surface area contributed by atoms with E-state index in [-0.39, 0.29) is 0 Å². The van der Waals surface area contributed by atoms with Crippen molar-refractivity contribution in [1.29, 1.82) is 0 Å². The van der Waals surface area contributed by atoms with Gasteiger partial charge in [0.25, 0.3) is 0 Å². The van der Waals surface area contributed by atoms with Gasteiger partial charge in [-0.05, 0) is 88.7 Å². The van der Waals surface area contributed by atoms with Crippen LogP contribution in [0.3, 0.4) is 0 Å². The van der Waals surface area contributed by atoms with Crippen LogP contribution in [0.2, 0.25) is 0 Å². The molecule has 1 aromatic rings. The summed E-state index contributed by atoms with van der Waals surface area (Å²) in [5.41, 5.74) is 3.18. The number of carbonyl (C=O) groups excluding carboxylic acids is 1. The molecule has 3 atom stereocenters. The van der Waals surface area contributed by atoms with E-state index in [1.165, 1.54) is 90.3 Å². The van der Waals surface area contributed by atoms with E-state index in [1.807, 2.05) is 0 Å². The number of carboxylic acid groups (broad SMARTS) is 2. The van der Waals surface area contributed by atoms with E-state index in [9.17, 15) is 26.3 Å². The standard InChI is InChI=1S/C32H47N2.2C2HF3O2/c1-2-5-10-14-18-23-34-26-29-19-15-11-7-4-6-9-13-17-22-33-24-21-32(31(25-29)28-34)30(27-33)20-16-12-8-3-1;2*3-2(4,5)1(6)7/h1-2,4,6,9-10,13-14,25-26,28,30,32H,3,5,7-8,11-12,15-24,27H2;2*(H,6,7)/q+1;;/p-1/b2-1-,6-4-,13-9-,14-10-;;/t30-,32-;;/m1../s1. The van der Waals surface area contributed by atoms with Crippen LogP contribution in [0.5, 0.6) is 0 Å². The Hall–Kier alpha value is -3.41. The fourth-order valence-corrected chi connectivity index (χ4v) is 6.01. The van der Waals surface area contributed by atoms with E-state index in [4.69, 9.17) is 19.8 Å². The van der Waals surface area contributed by atoms with Crippen molar-refractivity contribution in [2.24, 2.45) is 5.92 Å². The number of nitrogens with zero attached hydrogens (tertiary/aromatic N) is 2. The molecule has 1 saturated heterocycles. The quantitative estimate of drug-likeness (QED) is 0.175. The highest BCUT2D eigenvalue weighted by Gasteiger charge is 2.38. The van der Waals surface area contributed by atoms with Crippen molar-refractivity contribution in [2.45, 2.75) is 108 Å². The van der Waals surface area contributed by atoms with Gasteiger partial charge in [-0.3, -0.25) is 0 Å². The van der Waals surface area contributed by atoms with Crippen molar-refractivity contribution in [2.75, 3.05) is 19.6 Å². The topological polar surface area (TPSA) is 84.5 Å². The molecule has 0 amide bonds. The highest BCUT2D eigenvalue weighted by Crippen LogP contribution is 2.36. The van der Waals surface area contributed by atoms with Gasteiger partial charge in [-0.25, -0.2) is 9.36 Å². The molecule has 48 heavy (non-hydrogen) atoms. The first-order chi connectivity index (χ1) is 22.8. The molecule has 0 aromatic carbocycles. The molecule has 4 aliphatic heterocycles. The number of rotatable bonds is 0. The zero-order valence-corrected chi connectivity index (χ0v) is 27.4. The zero-order valence-electron chi connectivity index (χ0n) is 27.4. The largest absolute Gasteiger partial charge is 0.542 e. The molecule has 268 valence electrons. The van der Waals surface area contributed by atoms with Crippen molar-refractivity contribution >= 4 is 11.9 Å². The predicted molar refractivity (Wildman–Crippen MR) is 170 cm³/mol. The number of hydrogen-bond acceptors (Lipinski definition) is 4. The Morgan fingerprint density at radius 2 is 1.40 bits per heavy atom. The summed E-state index contributed by atoms with van der Waals surface area (Å²) >= 11 is 0. The lowest BCUT2D eigenvalue weighted by molar-refractivity contribution is -0.697. The molecule has 1 aromatic heterocycles. The number of pyridine rings is 1. The molecular formula is C36H48F6N2O4. The molecule has 0 aliphatic carbocycles. The Morgan fingerprint density at radius 1 is 0.771 bits per heavy atom. The van der Waals surface area contributed by atoms with E-state index in [2.05, 4.69) is 76.5 Å². The van der Waals surface area contributed by atoms with Gasteiger partial charge in [0.2, 0.25) is 0 Å². The van der Waals surface area contributed by atoms with Crippen LogP contribution in [0.25, 0.3) is 0 Å². The number of carboxylic acids is 2. The fraction of sp³-hybridized carbons (Fsp3) is 0.583. The van der Waals surface area contributed by atoms with E-state index in [1.54, 1.807) is 11.1 Å². The van der Waals surface area contributed by atoms with E-state index in [0.717, 1.165) is 31.2 Å². The maximum Gasteiger partial charge on any atom is 0.490 e. The summed E-state index contributed by atoms with van der Waals surface area (Å²) < 4.78 is 65.8. The van der Waals surface area contributed by atoms with Crippen LogP contribution in [-0.2, 0) is 22.6 Å². The van der Waals surface area contributed by atoms with Gasteiger partial charge in [0.05, 0.1) is 0 Å². The van der Waals surface area contributed by atoms with Crippen molar-refractivity contribution < 1.29 is 50.7 Å². The van der Waals surface area contributed by atoms with Gasteiger partial charge in [0.15, 0.2) is 18.9 Å². The minimum atomic E-state index is -5.19. The Kier molecular flexibility index (Phi) is 18.3. The highest BCUT2D eigenvalue weighted by molar-refractivity contribution is 5.73. The average molecular weight is 687 g/mol. The minimum absolute atomic E-state index is 0.724. The summed E-state index contributed by atoms with van der Waals surface area (Å²) in [7, 11) is 0. The smallest absolute Gasteiger partial charge is 0.490 e. The van der Waals surface area contributed by atoms with Gasteiger partial charge in [0.1, 0.15) is 5.97 Å². The Morgan fingerprint density at radius 3 is 2.06 bits per heavy atom. The third-order valence-corrected chi connectivity index (χ3v) is 8.41. The van der Waals surface area contributed by atoms with E-state index >= 15 is 0 Å². The van der Waals surface area contributed by atoms with Gasteiger partial charge in [-0.1, -0.05) is 61.4 Å². The second kappa shape index (κ2) is 21.5. The molecule has 12 heteroatoms. The maximum atomic E-state index is 10.6. The van der Waals surface area contributed by atoms with Crippen LogP contribution in [0.1, 0.15) is 94.1 Å². The number of carbonyl (C=O) groups is 2. The predicted octanol–water partition coefficient (Wildman–Crippen LogP) is 7.40. The van der Waals surface area contributed by atoms with Gasteiger partial charge in [-0.15, -0.1) is 0 Å². The molecule has 0 radical (unpaired) electrons. The van der Waals surface area contributed by atoms with Crippen LogP contribution in [0, 0.1) is 5.92 Å². The summed E-state index contributed by atoms with van der Waals surface area (Å²) in [4.78, 5) is 20.4. The van der Waals surface area contributed by atoms with E-state index < -0.39 is 24.3 Å². The van der Waals surface area contributed by atoms with Gasteiger partial charge in [0, 0.05) is 30.6 Å². The molecule has 1 N–H and O–H groups in total. The molecule has 5 rings (SSSR count). The Bertz CT molecular complexity index is 1220. The first-order valence-corrected chi connectivity index (χ1v) is 16.7. The lowest BCUT2D eigenvalue weighted by atomic mass is 9.78. The van der Waals surface area contributed by atoms with Crippen molar-refractivity contribution in [3.63, 3.8) is 0 Å². The van der Waals surface area contributed by atoms with Crippen LogP contribution < -0.4 is 9.67 Å². The van der Waals surface area contributed by atoms with Gasteiger partial charge in [-0.2, -0.15) is 26.3 Å². The van der Waals surface area contributed by atoms with Crippen LogP contribution in [0.4, 0.5) is 26.3 Å². The number of hydrogen-bond donors (Lipinski definition) is 1. The van der Waals surface area contributed by atoms with E-state index in [0.29, 0.717) is 0 Å². The van der Waals surface area contributed by atoms with Crippen LogP contribution >= 0.6 is 0 Å². The number of halogens is 6. The third-order valence-electron chi connectivity index (χ3n) is 8.41. The fourth-order valence-electron chi connectivity index (χ4n) is 6.01. The molecule has 6 nitrogen and oxygen atoms in total. The monoisotopic (exact) mass is 686 g/mol. The lowest BCUT2D eigenvalue weighted by Gasteiger charge is -2.38. The van der Waals surface area contributed by atoms with Crippen molar-refractivity contribution in [1.82, 2.24) is 4.90 Å². The third kappa shape index (κ3) is 17.1. The maximum absolute atomic E-state index is 10.6.